The number of nitrogens with one attached hydrogen (secondary N) is 4. The Hall–Kier alpha value is -0.980. The average Bonchev–Trinajstić information content (AvgIpc) is 0.854. The van der Waals surface area contributed by atoms with Crippen LogP contribution < -0.4 is 60.4 Å². The summed E-state index contributed by atoms with van der Waals surface area (Å²) < 4.78 is 161. The predicted molar refractivity (Wildman–Crippen MR) is 345 cm³/mol. The van der Waals surface area contributed by atoms with Crippen LogP contribution >= 0.6 is 62.6 Å². The molecule has 0 heterocycles. The third-order valence-electron chi connectivity index (χ3n) is 13.0. The zero-order chi connectivity index (χ0) is 77.8. The lowest BCUT2D eigenvalue weighted by Crippen LogP contribution is -2.36. The summed E-state index contributed by atoms with van der Waals surface area (Å²) in [4.78, 5) is 119. The lowest BCUT2D eigenvalue weighted by molar-refractivity contribution is -0.700. The highest BCUT2D eigenvalue weighted by atomic mass is 31.2. The first-order valence-electron chi connectivity index (χ1n) is 30.9. The fourth-order valence-corrected chi connectivity index (χ4v) is 15.5. The van der Waals surface area contributed by atoms with Gasteiger partial charge in [0.15, 0.2) is 0 Å². The van der Waals surface area contributed by atoms with Gasteiger partial charge in [-0.3, -0.25) is 36.5 Å². The number of phosphoric acid groups is 8. The summed E-state index contributed by atoms with van der Waals surface area (Å²) in [7, 11) is -31.1. The molecule has 0 aliphatic heterocycles. The Morgan fingerprint density at radius 1 is 0.376 bits per heavy atom. The van der Waals surface area contributed by atoms with E-state index >= 15 is 0 Å². The molecule has 0 bridgehead atoms. The van der Waals surface area contributed by atoms with E-state index in [9.17, 15) is 75.7 Å². The number of likely N-dealkylation sites (N-methyl/N-ethyl adjacent to an activating group) is 4. The number of allylic oxidation sites excluding steroid dienone is 1. The van der Waals surface area contributed by atoms with Gasteiger partial charge in [-0.15, -0.1) is 52.6 Å². The number of aliphatic hydroxyl groups excluding tert-OH is 1. The molecular formula is C51H102N4O38P8-8. The Balaban J connectivity index is -0.00000163. The topological polar surface area (TPSA) is 605 Å². The molecule has 4 aliphatic rings. The van der Waals surface area contributed by atoms with Crippen LogP contribution in [0.1, 0.15) is 110 Å². The average molecular weight is 1630 g/mol. The molecule has 101 heavy (non-hydrogen) atoms. The van der Waals surface area contributed by atoms with Crippen molar-refractivity contribution in [2.75, 3.05) is 94.1 Å². The molecule has 10 atom stereocenters. The molecule has 4 aliphatic carbocycles. The van der Waals surface area contributed by atoms with E-state index in [1.807, 2.05) is 0 Å². The molecular weight excluding hydrogens is 1520 g/mol. The molecule has 0 aromatic rings. The minimum absolute atomic E-state index is 0.0143. The summed E-state index contributed by atoms with van der Waals surface area (Å²) in [5.74, 6) is 0. The highest BCUT2D eigenvalue weighted by Gasteiger charge is 2.34. The highest BCUT2D eigenvalue weighted by Crippen LogP contribution is 2.51. The van der Waals surface area contributed by atoms with Crippen molar-refractivity contribution in [3.8, 4) is 0 Å². The second kappa shape index (κ2) is 58.0. The molecule has 602 valence electrons. The smallest absolute Gasteiger partial charge is 0.268 e. The summed E-state index contributed by atoms with van der Waals surface area (Å²) in [6.07, 6.45) is 0.653. The summed E-state index contributed by atoms with van der Waals surface area (Å²) in [6, 6.07) is -1.52. The summed E-state index contributed by atoms with van der Waals surface area (Å²) in [6.45, 7) is 23.6. The van der Waals surface area contributed by atoms with Gasteiger partial charge >= 0.3 is 0 Å². The van der Waals surface area contributed by atoms with Gasteiger partial charge < -0.3 is 144 Å². The third-order valence-corrected chi connectivity index (χ3v) is 20.4. The molecule has 0 amide bonds. The van der Waals surface area contributed by atoms with Crippen LogP contribution in [0.3, 0.4) is 0 Å². The minimum Gasteiger partial charge on any atom is -0.756 e. The predicted octanol–water partition coefficient (Wildman–Crippen LogP) is 2.26. The molecule has 50 heteroatoms. The van der Waals surface area contributed by atoms with Gasteiger partial charge in [-0.1, -0.05) is 0 Å². The number of rotatable bonds is 45. The van der Waals surface area contributed by atoms with Gasteiger partial charge in [0.1, 0.15) is 12.9 Å². The Morgan fingerprint density at radius 2 is 0.644 bits per heavy atom. The van der Waals surface area contributed by atoms with Gasteiger partial charge in [-0.05, 0) is 149 Å². The largest absolute Gasteiger partial charge is 0.756 e. The van der Waals surface area contributed by atoms with Gasteiger partial charge in [-0.25, -0.2) is 4.89 Å². The van der Waals surface area contributed by atoms with E-state index in [4.69, 9.17) is 55.6 Å². The molecule has 0 aromatic heterocycles. The normalized spacial score (nSPS) is 26.0. The molecule has 0 radical (unpaired) electrons. The van der Waals surface area contributed by atoms with Crippen molar-refractivity contribution in [1.82, 2.24) is 21.3 Å². The van der Waals surface area contributed by atoms with Gasteiger partial charge in [0, 0.05) is 23.2 Å². The van der Waals surface area contributed by atoms with Crippen LogP contribution in [0.25, 0.3) is 0 Å². The number of aliphatic hydroxyl groups is 1. The van der Waals surface area contributed by atoms with E-state index in [1.165, 1.54) is 20.2 Å². The van der Waals surface area contributed by atoms with Gasteiger partial charge in [0.2, 0.25) is 0 Å². The van der Waals surface area contributed by atoms with Crippen molar-refractivity contribution in [2.24, 2.45) is 0 Å². The Labute approximate surface area is 590 Å². The quantitative estimate of drug-likeness (QED) is 0.0115. The molecule has 4 saturated carbocycles. The molecule has 0 aromatic carbocycles. The molecule has 10 unspecified atom stereocenters. The van der Waals surface area contributed by atoms with Crippen LogP contribution in [0.15, 0.2) is 65.0 Å². The van der Waals surface area contributed by atoms with Crippen molar-refractivity contribution >= 4 is 62.6 Å². The number of hydrogen-bond donors (Lipinski definition) is 7. The van der Waals surface area contributed by atoms with Gasteiger partial charge in [-0.2, -0.15) is 0 Å². The molecule has 0 saturated heterocycles. The van der Waals surface area contributed by atoms with Crippen LogP contribution in [-0.4, -0.2) is 170 Å². The fraction of sp³-hybridized carbons (Fsp3) is 0.804. The Morgan fingerprint density at radius 3 is 0.921 bits per heavy atom. The third kappa shape index (κ3) is 57.8. The van der Waals surface area contributed by atoms with Crippen molar-refractivity contribution < 1.29 is 179 Å². The lowest BCUT2D eigenvalue weighted by atomic mass is 9.95. The van der Waals surface area contributed by atoms with E-state index in [-0.39, 0.29) is 103 Å². The fourth-order valence-electron chi connectivity index (χ4n) is 8.48. The molecule has 42 nitrogen and oxygen atoms in total. The molecule has 0 spiro atoms. The van der Waals surface area contributed by atoms with Crippen LogP contribution in [-0.2, 0) is 125 Å². The molecule has 4 fully saturated rings. The van der Waals surface area contributed by atoms with E-state index in [2.05, 4.69) is 121 Å². The number of hydrogen-bond acceptors (Lipinski definition) is 40. The lowest BCUT2D eigenvalue weighted by Gasteiger charge is -2.38. The van der Waals surface area contributed by atoms with Crippen LogP contribution in [0.5, 0.6) is 0 Å². The maximum absolute atomic E-state index is 12.6. The first-order valence-corrected chi connectivity index (χ1v) is 42.6. The van der Waals surface area contributed by atoms with Crippen molar-refractivity contribution in [3.05, 3.63) is 65.0 Å². The highest BCUT2D eigenvalue weighted by molar-refractivity contribution is 7.47. The summed E-state index contributed by atoms with van der Waals surface area (Å²) in [5.41, 5.74) is 0. The summed E-state index contributed by atoms with van der Waals surface area (Å²) >= 11 is 0. The first kappa shape index (κ1) is 104. The first-order chi connectivity index (χ1) is 47.4. The Kier molecular flexibility index (Phi) is 59.9. The van der Waals surface area contributed by atoms with Crippen LogP contribution in [0.2, 0.25) is 0 Å². The zero-order valence-electron chi connectivity index (χ0n) is 57.2. The monoisotopic (exact) mass is 1630 g/mol. The second-order valence-corrected chi connectivity index (χ2v) is 30.9. The standard InChI is InChI=1S/C25H52N2O22P4.2C9H21NO8P2.4C2H4/c1-4-13-37-47-49-48-38-14-15-39-50(29,30)40-18-21(27-3)19-42-52(33,34)44-23-7-11-25(12-8-23)46-53(35,36)45-24-9-5-22(6-10-24)43-51(31,32)41-17-20(16-28)26-2;2*1-10-6-7-16-20(14,15)18-9-4-2-8(3-5-9)17-19(11,12)13;4*1-2/h4,13,20-28H,5-12,14-19H2,1-3H3,(H,29,30)(H,31,32)(H,33,34)(H,35,36);2*8-10H,2-7H2,1H3,(H,14,15)(H2,11,12,13);4*1-2H2/p-8/b13-4+;;;;;;. The van der Waals surface area contributed by atoms with Crippen molar-refractivity contribution in [2.45, 2.75) is 171 Å². The van der Waals surface area contributed by atoms with Crippen molar-refractivity contribution in [1.29, 1.82) is 0 Å². The minimum atomic E-state index is -4.88. The maximum Gasteiger partial charge on any atom is 0.268 e. The second-order valence-electron chi connectivity index (χ2n) is 20.4. The maximum atomic E-state index is 12.6. The van der Waals surface area contributed by atoms with Crippen LogP contribution in [0.4, 0.5) is 0 Å². The summed E-state index contributed by atoms with van der Waals surface area (Å²) in [5, 5.41) is 32.0. The van der Waals surface area contributed by atoms with E-state index in [0.29, 0.717) is 38.8 Å². The van der Waals surface area contributed by atoms with Crippen LogP contribution in [0, 0.1) is 0 Å². The zero-order valence-corrected chi connectivity index (χ0v) is 64.3. The van der Waals surface area contributed by atoms with Gasteiger partial charge in [0.25, 0.3) is 62.6 Å². The van der Waals surface area contributed by atoms with E-state index < -0.39 is 150 Å². The van der Waals surface area contributed by atoms with E-state index in [1.54, 1.807) is 21.0 Å². The van der Waals surface area contributed by atoms with Gasteiger partial charge in [0.05, 0.1) is 107 Å². The SMILES string of the molecule is C/C=C/OOOOOCCOP(=O)([O-])OCC(COP(=O)([O-])OC1CCC(OP(=O)([O-])OC2CCC(OP(=O)([O-])OCC(CO)NC)CC2)CC1)NC.C=C.C=C.C=C.C=C.CNCCOP(=O)([O-])OC1CCC(OP(=O)([O-])O)CC1.CNCCOP(=O)([O-])OC1CCC(OP(=O)([O-])O)CC1. The Bertz CT molecular complexity index is 2460. The van der Waals surface area contributed by atoms with E-state index in [0.717, 1.165) is 6.26 Å². The van der Waals surface area contributed by atoms with Crippen molar-refractivity contribution in [3.63, 3.8) is 0 Å². The molecule has 4 rings (SSSR count). The number of phosphoric ester groups is 8. The molecule has 7 N–H and O–H groups in total.